The van der Waals surface area contributed by atoms with Gasteiger partial charge in [0.2, 0.25) is 0 Å². The van der Waals surface area contributed by atoms with Crippen LogP contribution in [0.3, 0.4) is 0 Å². The molecule has 1 spiro atoms. The first-order chi connectivity index (χ1) is 19.4. The Morgan fingerprint density at radius 2 is 1.98 bits per heavy atom. The van der Waals surface area contributed by atoms with Gasteiger partial charge >= 0.3 is 5.97 Å². The Hall–Kier alpha value is -3.92. The zero-order valence-electron chi connectivity index (χ0n) is 22.0. The average molecular weight is 602 g/mol. The number of nitrogens with zero attached hydrogens (tertiary/aromatic N) is 5. The summed E-state index contributed by atoms with van der Waals surface area (Å²) >= 11 is 3.46. The van der Waals surface area contributed by atoms with Crippen LogP contribution in [0.5, 0.6) is 0 Å². The molecule has 2 N–H and O–H groups in total. The number of hydrogen-bond donors (Lipinski definition) is 2. The third kappa shape index (κ3) is 4.50. The van der Waals surface area contributed by atoms with Crippen molar-refractivity contribution in [1.29, 1.82) is 0 Å². The number of Topliss-reactive ketones (excluding diaryl/α,β-unsaturated/α-hetero) is 1. The standard InChI is InChI=1S/C30H29BrN6O3/c1-32-20-15-19(16-33-17-20)27-36-22-6-5-13-34-28(22)37(27)21-9-7-18(8-10-21)14-23(29(39)40)35-25-24(31)26(38)30(25)11-3-2-4-12-30/h5-10,13,15-17,23-24,32H,2-4,11-12,14H2,1H3,(H,39,40)/t23-,24?/m0/s1. The van der Waals surface area contributed by atoms with E-state index in [9.17, 15) is 14.7 Å². The summed E-state index contributed by atoms with van der Waals surface area (Å²) in [5, 5.41) is 13.1. The van der Waals surface area contributed by atoms with Crippen molar-refractivity contribution in [3.05, 3.63) is 66.6 Å². The Balaban J connectivity index is 1.32. The smallest absolute Gasteiger partial charge is 0.328 e. The Labute approximate surface area is 239 Å². The predicted molar refractivity (Wildman–Crippen MR) is 157 cm³/mol. The second kappa shape index (κ2) is 10.6. The molecule has 0 aliphatic heterocycles. The number of aromatic nitrogens is 4. The lowest BCUT2D eigenvalue weighted by Gasteiger charge is -2.47. The Kier molecular flexibility index (Phi) is 6.95. The van der Waals surface area contributed by atoms with Crippen molar-refractivity contribution in [3.63, 3.8) is 0 Å². The highest BCUT2D eigenvalue weighted by molar-refractivity contribution is 9.10. The number of nitrogens with one attached hydrogen (secondary N) is 1. The molecular formula is C30H29BrN6O3. The first-order valence-corrected chi connectivity index (χ1v) is 14.4. The number of hydrogen-bond acceptors (Lipinski definition) is 7. The quantitative estimate of drug-likeness (QED) is 0.277. The molecule has 0 bridgehead atoms. The van der Waals surface area contributed by atoms with Gasteiger partial charge in [0.05, 0.1) is 11.1 Å². The number of pyridine rings is 2. The van der Waals surface area contributed by atoms with E-state index >= 15 is 0 Å². The van der Waals surface area contributed by atoms with Crippen molar-refractivity contribution in [2.24, 2.45) is 10.4 Å². The molecule has 1 aromatic carbocycles. The van der Waals surface area contributed by atoms with E-state index in [4.69, 9.17) is 4.98 Å². The monoisotopic (exact) mass is 600 g/mol. The maximum absolute atomic E-state index is 12.8. The summed E-state index contributed by atoms with van der Waals surface area (Å²) in [6, 6.07) is 12.5. The fourth-order valence-corrected chi connectivity index (χ4v) is 6.91. The molecule has 0 saturated heterocycles. The summed E-state index contributed by atoms with van der Waals surface area (Å²) in [7, 11) is 1.84. The topological polar surface area (TPSA) is 122 Å². The van der Waals surface area contributed by atoms with E-state index in [0.717, 1.165) is 60.1 Å². The van der Waals surface area contributed by atoms with E-state index in [1.165, 1.54) is 0 Å². The van der Waals surface area contributed by atoms with Crippen LogP contribution >= 0.6 is 15.9 Å². The number of carboxylic acids is 1. The second-order valence-electron chi connectivity index (χ2n) is 10.4. The maximum atomic E-state index is 12.8. The first-order valence-electron chi connectivity index (χ1n) is 13.5. The highest BCUT2D eigenvalue weighted by Crippen LogP contribution is 2.49. The minimum atomic E-state index is -0.995. The molecule has 2 aliphatic carbocycles. The van der Waals surface area contributed by atoms with Gasteiger partial charge in [-0.3, -0.25) is 19.3 Å². The zero-order valence-corrected chi connectivity index (χ0v) is 23.6. The summed E-state index contributed by atoms with van der Waals surface area (Å²) in [6.07, 6.45) is 10.0. The lowest BCUT2D eigenvalue weighted by atomic mass is 9.58. The fraction of sp³-hybridized carbons (Fsp3) is 0.333. The number of aliphatic carboxylic acids is 1. The number of fused-ring (bicyclic) bond motifs is 1. The number of halogens is 1. The molecule has 0 amide bonds. The van der Waals surface area contributed by atoms with Gasteiger partial charge in [-0.15, -0.1) is 0 Å². The first kappa shape index (κ1) is 26.3. The molecule has 1 unspecified atom stereocenters. The number of imidazole rings is 1. The number of anilines is 1. The van der Waals surface area contributed by atoms with Gasteiger partial charge in [-0.2, -0.15) is 0 Å². The molecule has 3 aromatic heterocycles. The van der Waals surface area contributed by atoms with Crippen molar-refractivity contribution in [3.8, 4) is 17.1 Å². The molecule has 2 atom stereocenters. The Morgan fingerprint density at radius 3 is 2.70 bits per heavy atom. The van der Waals surface area contributed by atoms with Gasteiger partial charge in [0, 0.05) is 49.0 Å². The fourth-order valence-electron chi connectivity index (χ4n) is 5.91. The minimum absolute atomic E-state index is 0.145. The van der Waals surface area contributed by atoms with Crippen LogP contribution in [0.15, 0.2) is 66.0 Å². The van der Waals surface area contributed by atoms with Gasteiger partial charge in [0.25, 0.3) is 0 Å². The summed E-state index contributed by atoms with van der Waals surface area (Å²) in [5.74, 6) is -0.144. The lowest BCUT2D eigenvalue weighted by molar-refractivity contribution is -0.138. The van der Waals surface area contributed by atoms with Crippen LogP contribution in [0.1, 0.15) is 37.7 Å². The second-order valence-corrected chi connectivity index (χ2v) is 11.4. The van der Waals surface area contributed by atoms with Gasteiger partial charge in [0.1, 0.15) is 16.2 Å². The number of ketones is 1. The molecule has 40 heavy (non-hydrogen) atoms. The number of rotatable bonds is 7. The van der Waals surface area contributed by atoms with Crippen LogP contribution in [-0.2, 0) is 16.0 Å². The molecule has 204 valence electrons. The van der Waals surface area contributed by atoms with Crippen LogP contribution in [0.2, 0.25) is 0 Å². The molecule has 9 nitrogen and oxygen atoms in total. The molecule has 0 radical (unpaired) electrons. The van der Waals surface area contributed by atoms with Crippen LogP contribution < -0.4 is 5.32 Å². The predicted octanol–water partition coefficient (Wildman–Crippen LogP) is 5.26. The molecule has 2 fully saturated rings. The number of alkyl halides is 1. The minimum Gasteiger partial charge on any atom is -0.480 e. The van der Waals surface area contributed by atoms with Gasteiger partial charge in [-0.05, 0) is 48.7 Å². The van der Waals surface area contributed by atoms with Gasteiger partial charge in [-0.1, -0.05) is 47.3 Å². The van der Waals surface area contributed by atoms with E-state index < -0.39 is 22.3 Å². The highest BCUT2D eigenvalue weighted by atomic mass is 79.9. The normalized spacial score (nSPS) is 20.0. The van der Waals surface area contributed by atoms with Crippen LogP contribution in [0.25, 0.3) is 28.2 Å². The maximum Gasteiger partial charge on any atom is 0.328 e. The SMILES string of the molecule is CNc1cncc(-c2nc3cccnc3n2-c2ccc(C[C@H](N=C3C(Br)C(=O)C34CCCCC4)C(=O)O)cc2)c1. The van der Waals surface area contributed by atoms with Crippen LogP contribution in [-0.4, -0.2) is 60.0 Å². The Bertz CT molecular complexity index is 1620. The van der Waals surface area contributed by atoms with Crippen molar-refractivity contribution in [2.75, 3.05) is 12.4 Å². The van der Waals surface area contributed by atoms with E-state index in [2.05, 4.69) is 36.2 Å². The van der Waals surface area contributed by atoms with Gasteiger partial charge < -0.3 is 10.4 Å². The number of benzene rings is 1. The number of carbonyl (C=O) groups excluding carboxylic acids is 1. The van der Waals surface area contributed by atoms with Crippen molar-refractivity contribution >= 4 is 50.2 Å². The summed E-state index contributed by atoms with van der Waals surface area (Å²) < 4.78 is 1.98. The van der Waals surface area contributed by atoms with Crippen LogP contribution in [0, 0.1) is 5.41 Å². The molecule has 2 aliphatic rings. The number of carboxylic acid groups (broad SMARTS) is 1. The highest BCUT2D eigenvalue weighted by Gasteiger charge is 2.58. The van der Waals surface area contributed by atoms with Gasteiger partial charge in [-0.25, -0.2) is 14.8 Å². The summed E-state index contributed by atoms with van der Waals surface area (Å²) in [5.41, 5.74) is 5.00. The molecular weight excluding hydrogens is 572 g/mol. The van der Waals surface area contributed by atoms with Gasteiger partial charge in [0.15, 0.2) is 17.5 Å². The Morgan fingerprint density at radius 1 is 1.20 bits per heavy atom. The van der Waals surface area contributed by atoms with Crippen molar-refractivity contribution in [1.82, 2.24) is 19.5 Å². The van der Waals surface area contributed by atoms with Crippen molar-refractivity contribution < 1.29 is 14.7 Å². The average Bonchev–Trinajstić information content (AvgIpc) is 3.39. The van der Waals surface area contributed by atoms with Crippen LogP contribution in [0.4, 0.5) is 5.69 Å². The molecule has 3 heterocycles. The van der Waals surface area contributed by atoms with E-state index in [1.54, 1.807) is 18.6 Å². The van der Waals surface area contributed by atoms with E-state index in [-0.39, 0.29) is 12.2 Å². The largest absolute Gasteiger partial charge is 0.480 e. The molecule has 6 rings (SSSR count). The summed E-state index contributed by atoms with van der Waals surface area (Å²) in [4.78, 5) is 43.0. The molecule has 10 heteroatoms. The summed E-state index contributed by atoms with van der Waals surface area (Å²) in [6.45, 7) is 0. The molecule has 4 aromatic rings. The molecule has 2 saturated carbocycles. The third-order valence-corrected chi connectivity index (χ3v) is 8.89. The van der Waals surface area contributed by atoms with E-state index in [0.29, 0.717) is 17.2 Å². The number of carbonyl (C=O) groups is 2. The lowest BCUT2D eigenvalue weighted by Crippen LogP contribution is -2.61. The zero-order chi connectivity index (χ0) is 27.9. The third-order valence-electron chi connectivity index (χ3n) is 8.04. The van der Waals surface area contributed by atoms with Crippen molar-refractivity contribution in [2.45, 2.75) is 49.4 Å². The number of aliphatic imine (C=N–C) groups is 1. The van der Waals surface area contributed by atoms with E-state index in [1.807, 2.05) is 54.1 Å².